The lowest BCUT2D eigenvalue weighted by Crippen LogP contribution is -2.28. The molecule has 0 spiro atoms. The Morgan fingerprint density at radius 2 is 1.37 bits per heavy atom. The van der Waals surface area contributed by atoms with Gasteiger partial charge in [0.2, 0.25) is 0 Å². The Morgan fingerprint density at radius 3 is 2.00 bits per heavy atom. The van der Waals surface area contributed by atoms with E-state index in [1.54, 1.807) is 16.6 Å². The molecule has 0 unspecified atom stereocenters. The van der Waals surface area contributed by atoms with E-state index in [4.69, 9.17) is 5.10 Å². The molecule has 0 N–H and O–H groups in total. The van der Waals surface area contributed by atoms with Gasteiger partial charge < -0.3 is 4.90 Å². The number of anilines is 1. The molecule has 0 atom stereocenters. The lowest BCUT2D eigenvalue weighted by atomic mass is 10.1. The number of para-hydroxylation sites is 2. The van der Waals surface area contributed by atoms with E-state index in [9.17, 15) is 4.79 Å². The van der Waals surface area contributed by atoms with Crippen LogP contribution in [0.2, 0.25) is 0 Å². The molecule has 0 aliphatic rings. The molecule has 1 amide bonds. The van der Waals surface area contributed by atoms with Crippen LogP contribution in [0.3, 0.4) is 0 Å². The average molecular weight is 353 g/mol. The number of hydrogen-bond donors (Lipinski definition) is 0. The van der Waals surface area contributed by atoms with Gasteiger partial charge in [-0.3, -0.25) is 4.79 Å². The highest BCUT2D eigenvalue weighted by molar-refractivity contribution is 6.05. The number of benzene rings is 3. The number of aromatic nitrogens is 2. The summed E-state index contributed by atoms with van der Waals surface area (Å²) in [5.74, 6) is -0.111. The lowest BCUT2D eigenvalue weighted by Gasteiger charge is -2.17. The maximum absolute atomic E-state index is 13.2. The van der Waals surface area contributed by atoms with E-state index in [2.05, 4.69) is 0 Å². The molecule has 27 heavy (non-hydrogen) atoms. The van der Waals surface area contributed by atoms with Gasteiger partial charge in [0.05, 0.1) is 11.4 Å². The zero-order valence-electron chi connectivity index (χ0n) is 15.0. The van der Waals surface area contributed by atoms with Crippen molar-refractivity contribution in [3.63, 3.8) is 0 Å². The molecule has 0 radical (unpaired) electrons. The van der Waals surface area contributed by atoms with Crippen LogP contribution in [0.15, 0.2) is 97.1 Å². The van der Waals surface area contributed by atoms with E-state index in [-0.39, 0.29) is 5.91 Å². The summed E-state index contributed by atoms with van der Waals surface area (Å²) in [5, 5.41) is 4.72. The van der Waals surface area contributed by atoms with Crippen molar-refractivity contribution in [3.05, 3.63) is 103 Å². The summed E-state index contributed by atoms with van der Waals surface area (Å²) in [6, 6.07) is 31.1. The fourth-order valence-electron chi connectivity index (χ4n) is 2.99. The molecule has 0 saturated carbocycles. The molecule has 0 aliphatic heterocycles. The van der Waals surface area contributed by atoms with E-state index in [0.29, 0.717) is 5.69 Å². The second-order valence-corrected chi connectivity index (χ2v) is 6.23. The van der Waals surface area contributed by atoms with Crippen molar-refractivity contribution in [2.45, 2.75) is 0 Å². The minimum absolute atomic E-state index is 0.111. The molecular formula is C23H19N3O. The van der Waals surface area contributed by atoms with Gasteiger partial charge in [0.15, 0.2) is 0 Å². The number of nitrogens with zero attached hydrogens (tertiary/aromatic N) is 3. The minimum Gasteiger partial charge on any atom is -0.310 e. The number of hydrogen-bond acceptors (Lipinski definition) is 2. The molecule has 0 aliphatic carbocycles. The van der Waals surface area contributed by atoms with E-state index >= 15 is 0 Å². The molecule has 3 aromatic carbocycles. The highest BCUT2D eigenvalue weighted by Gasteiger charge is 2.21. The van der Waals surface area contributed by atoms with Gasteiger partial charge >= 0.3 is 0 Å². The molecule has 4 aromatic rings. The molecule has 0 saturated heterocycles. The van der Waals surface area contributed by atoms with Crippen LogP contribution < -0.4 is 4.90 Å². The number of carbonyl (C=O) groups is 1. The van der Waals surface area contributed by atoms with Crippen LogP contribution in [0.5, 0.6) is 0 Å². The Balaban J connectivity index is 1.81. The van der Waals surface area contributed by atoms with Crippen molar-refractivity contribution in [2.75, 3.05) is 11.9 Å². The summed E-state index contributed by atoms with van der Waals surface area (Å²) in [4.78, 5) is 14.9. The Morgan fingerprint density at radius 1 is 0.815 bits per heavy atom. The average Bonchev–Trinajstić information content (AvgIpc) is 3.20. The standard InChI is InChI=1S/C23H19N3O/c1-25(19-13-7-3-8-14-19)23(27)22-17-21(18-11-5-2-6-12-18)24-26(22)20-15-9-4-10-16-20/h2-17H,1H3. The minimum atomic E-state index is -0.111. The third-order valence-electron chi connectivity index (χ3n) is 4.45. The Bertz CT molecular complexity index is 1040. The van der Waals surface area contributed by atoms with Gasteiger partial charge in [-0.1, -0.05) is 66.7 Å². The van der Waals surface area contributed by atoms with Crippen LogP contribution >= 0.6 is 0 Å². The van der Waals surface area contributed by atoms with Crippen LogP contribution in [-0.4, -0.2) is 22.7 Å². The van der Waals surface area contributed by atoms with Crippen molar-refractivity contribution in [1.29, 1.82) is 0 Å². The molecule has 1 aromatic heterocycles. The molecule has 0 fully saturated rings. The van der Waals surface area contributed by atoms with Crippen LogP contribution in [0, 0.1) is 0 Å². The topological polar surface area (TPSA) is 38.1 Å². The molecule has 0 bridgehead atoms. The zero-order valence-corrected chi connectivity index (χ0v) is 15.0. The molecule has 4 rings (SSSR count). The van der Waals surface area contributed by atoms with Gasteiger partial charge in [-0.2, -0.15) is 5.10 Å². The Hall–Kier alpha value is -3.66. The smallest absolute Gasteiger partial charge is 0.276 e. The van der Waals surface area contributed by atoms with Gasteiger partial charge in [-0.15, -0.1) is 0 Å². The summed E-state index contributed by atoms with van der Waals surface area (Å²) >= 11 is 0. The van der Waals surface area contributed by atoms with Crippen LogP contribution in [-0.2, 0) is 0 Å². The van der Waals surface area contributed by atoms with Crippen LogP contribution in [0.1, 0.15) is 10.5 Å². The maximum Gasteiger partial charge on any atom is 0.276 e. The summed E-state index contributed by atoms with van der Waals surface area (Å²) in [5.41, 5.74) is 3.95. The zero-order chi connectivity index (χ0) is 18.6. The van der Waals surface area contributed by atoms with Crippen molar-refractivity contribution < 1.29 is 4.79 Å². The van der Waals surface area contributed by atoms with Crippen molar-refractivity contribution in [1.82, 2.24) is 9.78 Å². The first kappa shape index (κ1) is 16.8. The third kappa shape index (κ3) is 3.37. The number of amides is 1. The highest BCUT2D eigenvalue weighted by Crippen LogP contribution is 2.24. The van der Waals surface area contributed by atoms with Gasteiger partial charge in [0.1, 0.15) is 5.69 Å². The normalized spacial score (nSPS) is 10.6. The van der Waals surface area contributed by atoms with Crippen molar-refractivity contribution in [2.24, 2.45) is 0 Å². The van der Waals surface area contributed by atoms with Gasteiger partial charge in [0, 0.05) is 18.3 Å². The fourth-order valence-corrected chi connectivity index (χ4v) is 2.99. The quantitative estimate of drug-likeness (QED) is 0.528. The predicted molar refractivity (Wildman–Crippen MR) is 108 cm³/mol. The number of carbonyl (C=O) groups excluding carboxylic acids is 1. The first-order chi connectivity index (χ1) is 13.2. The molecular weight excluding hydrogens is 334 g/mol. The van der Waals surface area contributed by atoms with E-state index in [1.807, 2.05) is 97.1 Å². The number of rotatable bonds is 4. The first-order valence-electron chi connectivity index (χ1n) is 8.78. The maximum atomic E-state index is 13.2. The lowest BCUT2D eigenvalue weighted by molar-refractivity contribution is 0.0985. The van der Waals surface area contributed by atoms with Gasteiger partial charge in [-0.25, -0.2) is 4.68 Å². The SMILES string of the molecule is CN(C(=O)c1cc(-c2ccccc2)nn1-c1ccccc1)c1ccccc1. The molecule has 4 heteroatoms. The monoisotopic (exact) mass is 353 g/mol. The second-order valence-electron chi connectivity index (χ2n) is 6.23. The molecule has 132 valence electrons. The summed E-state index contributed by atoms with van der Waals surface area (Å²) in [7, 11) is 1.78. The highest BCUT2D eigenvalue weighted by atomic mass is 16.2. The van der Waals surface area contributed by atoms with Crippen LogP contribution in [0.25, 0.3) is 16.9 Å². The van der Waals surface area contributed by atoms with E-state index in [0.717, 1.165) is 22.6 Å². The fraction of sp³-hybridized carbons (Fsp3) is 0.0435. The van der Waals surface area contributed by atoms with Crippen molar-refractivity contribution >= 4 is 11.6 Å². The van der Waals surface area contributed by atoms with Gasteiger partial charge in [-0.05, 0) is 30.3 Å². The summed E-state index contributed by atoms with van der Waals surface area (Å²) in [6.07, 6.45) is 0. The van der Waals surface area contributed by atoms with Gasteiger partial charge in [0.25, 0.3) is 5.91 Å². The molecule has 1 heterocycles. The van der Waals surface area contributed by atoms with Crippen LogP contribution in [0.4, 0.5) is 5.69 Å². The predicted octanol–water partition coefficient (Wildman–Crippen LogP) is 4.82. The molecule has 4 nitrogen and oxygen atoms in total. The Kier molecular flexibility index (Phi) is 4.54. The Labute approximate surface area is 158 Å². The largest absolute Gasteiger partial charge is 0.310 e. The van der Waals surface area contributed by atoms with E-state index in [1.165, 1.54) is 0 Å². The van der Waals surface area contributed by atoms with E-state index < -0.39 is 0 Å². The summed E-state index contributed by atoms with van der Waals surface area (Å²) < 4.78 is 1.71. The second kappa shape index (κ2) is 7.30. The van der Waals surface area contributed by atoms with Crippen molar-refractivity contribution in [3.8, 4) is 16.9 Å². The first-order valence-corrected chi connectivity index (χ1v) is 8.78. The third-order valence-corrected chi connectivity index (χ3v) is 4.45. The summed E-state index contributed by atoms with van der Waals surface area (Å²) in [6.45, 7) is 0.